The Morgan fingerprint density at radius 2 is 1.24 bits per heavy atom. The average Bonchev–Trinajstić information content (AvgIpc) is 3.13. The van der Waals surface area contributed by atoms with Gasteiger partial charge in [0.05, 0.1) is 25.4 Å². The van der Waals surface area contributed by atoms with Crippen molar-refractivity contribution < 1.29 is 50.0 Å². The maximum Gasteiger partial charge on any atom is 0.249 e. The minimum absolute atomic E-state index is 0.232. The van der Waals surface area contributed by atoms with E-state index < -0.39 is 74.2 Å². The third-order valence-corrected chi connectivity index (χ3v) is 9.07. The van der Waals surface area contributed by atoms with Crippen molar-refractivity contribution in [2.24, 2.45) is 0 Å². The Labute approximate surface area is 307 Å². The molecule has 0 saturated carbocycles. The number of aliphatic hydroxyl groups excluding tert-OH is 7. The SMILES string of the molecule is CC/C=C/CC/C=C/CC/C=C/CCCC(O)C(O)C(COC1OC(CO)C(O)C(O)C1O)NC(=O)C(O)CCCCCC/C=C\CCCCC. The molecule has 11 nitrogen and oxygen atoms in total. The van der Waals surface area contributed by atoms with Crippen molar-refractivity contribution in [2.45, 2.75) is 184 Å². The molecule has 0 aromatic carbocycles. The highest BCUT2D eigenvalue weighted by Crippen LogP contribution is 2.23. The second-order valence-corrected chi connectivity index (χ2v) is 13.6. The summed E-state index contributed by atoms with van der Waals surface area (Å²) in [6, 6.07) is -1.20. The Morgan fingerprint density at radius 1 is 0.686 bits per heavy atom. The minimum atomic E-state index is -1.67. The predicted octanol–water partition coefficient (Wildman–Crippen LogP) is 4.66. The molecule has 0 aromatic heterocycles. The Balaban J connectivity index is 2.62. The summed E-state index contributed by atoms with van der Waals surface area (Å²) >= 11 is 0. The quantitative estimate of drug-likeness (QED) is 0.0382. The van der Waals surface area contributed by atoms with Crippen molar-refractivity contribution in [1.82, 2.24) is 5.32 Å². The molecule has 51 heavy (non-hydrogen) atoms. The maximum absolute atomic E-state index is 13.0. The topological polar surface area (TPSA) is 189 Å². The van der Waals surface area contributed by atoms with Crippen LogP contribution in [0.25, 0.3) is 0 Å². The molecule has 0 spiro atoms. The highest BCUT2D eigenvalue weighted by atomic mass is 16.7. The van der Waals surface area contributed by atoms with Crippen molar-refractivity contribution >= 4 is 5.91 Å². The lowest BCUT2D eigenvalue weighted by Gasteiger charge is -2.40. The van der Waals surface area contributed by atoms with Crippen molar-refractivity contribution in [2.75, 3.05) is 13.2 Å². The lowest BCUT2D eigenvalue weighted by molar-refractivity contribution is -0.303. The first-order valence-electron chi connectivity index (χ1n) is 19.5. The molecule has 1 fully saturated rings. The van der Waals surface area contributed by atoms with Crippen molar-refractivity contribution in [3.63, 3.8) is 0 Å². The summed E-state index contributed by atoms with van der Waals surface area (Å²) in [5, 5.41) is 75.1. The number of allylic oxidation sites excluding steroid dienone is 8. The van der Waals surface area contributed by atoms with Crippen molar-refractivity contribution in [3.8, 4) is 0 Å². The predicted molar refractivity (Wildman–Crippen MR) is 201 cm³/mol. The fourth-order valence-electron chi connectivity index (χ4n) is 5.77. The van der Waals surface area contributed by atoms with E-state index >= 15 is 0 Å². The Bertz CT molecular complexity index is 971. The zero-order valence-corrected chi connectivity index (χ0v) is 31.3. The summed E-state index contributed by atoms with van der Waals surface area (Å²) in [7, 11) is 0. The van der Waals surface area contributed by atoms with Crippen molar-refractivity contribution in [1.29, 1.82) is 0 Å². The lowest BCUT2D eigenvalue weighted by atomic mass is 9.98. The molecule has 9 atom stereocenters. The van der Waals surface area contributed by atoms with Crippen LogP contribution >= 0.6 is 0 Å². The third kappa shape index (κ3) is 21.4. The van der Waals surface area contributed by atoms with Gasteiger partial charge in [-0.3, -0.25) is 4.79 Å². The van der Waals surface area contributed by atoms with Gasteiger partial charge in [-0.05, 0) is 83.5 Å². The molecule has 1 amide bonds. The second kappa shape index (κ2) is 30.5. The van der Waals surface area contributed by atoms with Gasteiger partial charge < -0.3 is 50.5 Å². The van der Waals surface area contributed by atoms with E-state index in [1.54, 1.807) is 0 Å². The van der Waals surface area contributed by atoms with Crippen LogP contribution in [-0.2, 0) is 14.3 Å². The van der Waals surface area contributed by atoms with Gasteiger partial charge in [0, 0.05) is 0 Å². The molecule has 0 radical (unpaired) electrons. The zero-order valence-electron chi connectivity index (χ0n) is 31.3. The average molecular weight is 726 g/mol. The van der Waals surface area contributed by atoms with Gasteiger partial charge in [0.1, 0.15) is 36.6 Å². The van der Waals surface area contributed by atoms with E-state index in [2.05, 4.69) is 61.7 Å². The van der Waals surface area contributed by atoms with Gasteiger partial charge in [-0.25, -0.2) is 0 Å². The third-order valence-electron chi connectivity index (χ3n) is 9.07. The molecule has 0 bridgehead atoms. The molecule has 11 heteroatoms. The van der Waals surface area contributed by atoms with Crippen LogP contribution in [0.2, 0.25) is 0 Å². The van der Waals surface area contributed by atoms with Gasteiger partial charge in [0.2, 0.25) is 5.91 Å². The molecule has 8 N–H and O–H groups in total. The first kappa shape index (κ1) is 47.1. The van der Waals surface area contributed by atoms with E-state index in [-0.39, 0.29) is 12.8 Å². The van der Waals surface area contributed by atoms with Crippen LogP contribution in [0.3, 0.4) is 0 Å². The smallest absolute Gasteiger partial charge is 0.249 e. The Kier molecular flexibility index (Phi) is 28.2. The normalized spacial score (nSPS) is 23.8. The number of rotatable bonds is 30. The number of carbonyl (C=O) groups is 1. The summed E-state index contributed by atoms with van der Waals surface area (Å²) in [5.74, 6) is -0.729. The zero-order chi connectivity index (χ0) is 37.7. The Morgan fingerprint density at radius 3 is 1.82 bits per heavy atom. The van der Waals surface area contributed by atoms with Crippen LogP contribution < -0.4 is 5.32 Å². The van der Waals surface area contributed by atoms with Crippen molar-refractivity contribution in [3.05, 3.63) is 48.6 Å². The summed E-state index contributed by atoms with van der Waals surface area (Å²) in [4.78, 5) is 13.0. The largest absolute Gasteiger partial charge is 0.394 e. The maximum atomic E-state index is 13.0. The fourth-order valence-corrected chi connectivity index (χ4v) is 5.77. The minimum Gasteiger partial charge on any atom is -0.394 e. The van der Waals surface area contributed by atoms with Crippen LogP contribution in [-0.4, -0.2) is 110 Å². The number of aliphatic hydroxyl groups is 7. The first-order valence-corrected chi connectivity index (χ1v) is 19.5. The first-order chi connectivity index (χ1) is 24.7. The summed E-state index contributed by atoms with van der Waals surface area (Å²) in [6.07, 6.45) is 21.8. The van der Waals surface area contributed by atoms with Crippen LogP contribution in [0.4, 0.5) is 0 Å². The molecule has 0 aromatic rings. The highest BCUT2D eigenvalue weighted by Gasteiger charge is 2.44. The van der Waals surface area contributed by atoms with Gasteiger partial charge in [-0.15, -0.1) is 0 Å². The molecule has 296 valence electrons. The molecular weight excluding hydrogens is 654 g/mol. The molecule has 9 unspecified atom stereocenters. The monoisotopic (exact) mass is 726 g/mol. The summed E-state index contributed by atoms with van der Waals surface area (Å²) in [6.45, 7) is 3.22. The number of ether oxygens (including phenoxy) is 2. The number of hydrogen-bond donors (Lipinski definition) is 8. The summed E-state index contributed by atoms with van der Waals surface area (Å²) in [5.41, 5.74) is 0. The number of hydrogen-bond acceptors (Lipinski definition) is 10. The van der Waals surface area contributed by atoms with Gasteiger partial charge in [0.15, 0.2) is 6.29 Å². The van der Waals surface area contributed by atoms with Crippen LogP contribution in [0, 0.1) is 0 Å². The second-order valence-electron chi connectivity index (χ2n) is 13.6. The van der Waals surface area contributed by atoms with E-state index in [4.69, 9.17) is 9.47 Å². The standard InChI is InChI=1S/C40H71NO10/c1-3-5-7-9-11-13-15-16-18-19-21-23-25-27-32(43)35(45)31(30-50-40-38(48)37(47)36(46)34(29-42)51-40)41-39(49)33(44)28-26-24-22-20-17-14-12-10-8-6-4-2/h5,7,12-15,19,21,31-38,40,42-48H,3-4,6,8-11,16-18,20,22-30H2,1-2H3,(H,41,49)/b7-5+,14-12-,15-13+,21-19+. The van der Waals surface area contributed by atoms with E-state index in [1.165, 1.54) is 19.3 Å². The Hall–Kier alpha value is -1.93. The van der Waals surface area contributed by atoms with Crippen LogP contribution in [0.15, 0.2) is 48.6 Å². The van der Waals surface area contributed by atoms with E-state index in [0.29, 0.717) is 19.3 Å². The van der Waals surface area contributed by atoms with E-state index in [9.17, 15) is 40.5 Å². The van der Waals surface area contributed by atoms with Crippen LogP contribution in [0.1, 0.15) is 129 Å². The van der Waals surface area contributed by atoms with E-state index in [1.807, 2.05) is 6.08 Å². The van der Waals surface area contributed by atoms with Gasteiger partial charge in [-0.1, -0.05) is 94.6 Å². The molecule has 1 rings (SSSR count). The lowest BCUT2D eigenvalue weighted by Crippen LogP contribution is -2.60. The number of carbonyl (C=O) groups excluding carboxylic acids is 1. The molecule has 1 aliphatic rings. The van der Waals surface area contributed by atoms with Gasteiger partial charge >= 0.3 is 0 Å². The molecule has 1 aliphatic heterocycles. The molecular formula is C40H71NO10. The van der Waals surface area contributed by atoms with Crippen LogP contribution in [0.5, 0.6) is 0 Å². The number of amides is 1. The highest BCUT2D eigenvalue weighted by molar-refractivity contribution is 5.80. The van der Waals surface area contributed by atoms with E-state index in [0.717, 1.165) is 64.2 Å². The van der Waals surface area contributed by atoms with Gasteiger partial charge in [-0.2, -0.15) is 0 Å². The summed E-state index contributed by atoms with van der Waals surface area (Å²) < 4.78 is 11.0. The molecule has 1 heterocycles. The molecule has 0 aliphatic carbocycles. The molecule has 1 saturated heterocycles. The number of unbranched alkanes of at least 4 members (excludes halogenated alkanes) is 10. The fraction of sp³-hybridized carbons (Fsp3) is 0.775. The van der Waals surface area contributed by atoms with Gasteiger partial charge in [0.25, 0.3) is 0 Å². The number of nitrogens with one attached hydrogen (secondary N) is 1.